The van der Waals surface area contributed by atoms with E-state index < -0.39 is 16.8 Å². The molecule has 0 saturated carbocycles. The molecule has 1 atom stereocenters. The highest BCUT2D eigenvalue weighted by Gasteiger charge is 2.23. The van der Waals surface area contributed by atoms with Crippen LogP contribution in [0.4, 0.5) is 21.5 Å². The zero-order valence-electron chi connectivity index (χ0n) is 13.9. The lowest BCUT2D eigenvalue weighted by molar-refractivity contribution is -0.384. The van der Waals surface area contributed by atoms with Crippen LogP contribution in [-0.2, 0) is 16.1 Å². The zero-order chi connectivity index (χ0) is 18.5. The van der Waals surface area contributed by atoms with Gasteiger partial charge < -0.3 is 15.4 Å². The summed E-state index contributed by atoms with van der Waals surface area (Å²) in [6.07, 6.45) is 1.15. The molecule has 1 fully saturated rings. The Bertz CT molecular complexity index is 822. The van der Waals surface area contributed by atoms with E-state index in [0.29, 0.717) is 18.7 Å². The molecule has 1 amide bonds. The lowest BCUT2D eigenvalue weighted by Gasteiger charge is -2.12. The number of nitro groups is 1. The SMILES string of the molecule is O=C(Nc1cccc(CNc2cc(F)ccc2[N+](=O)[O-])c1)C1CCCO1. The Hall–Kier alpha value is -3.00. The van der Waals surface area contributed by atoms with Crippen LogP contribution < -0.4 is 10.6 Å². The summed E-state index contributed by atoms with van der Waals surface area (Å²) in [7, 11) is 0. The Morgan fingerprint density at radius 1 is 1.31 bits per heavy atom. The van der Waals surface area contributed by atoms with Crippen molar-refractivity contribution >= 4 is 23.0 Å². The highest BCUT2D eigenvalue weighted by Crippen LogP contribution is 2.26. The van der Waals surface area contributed by atoms with Crippen LogP contribution in [0.15, 0.2) is 42.5 Å². The molecule has 2 N–H and O–H groups in total. The zero-order valence-corrected chi connectivity index (χ0v) is 13.9. The minimum atomic E-state index is -0.569. The van der Waals surface area contributed by atoms with E-state index in [1.165, 1.54) is 0 Å². The van der Waals surface area contributed by atoms with Gasteiger partial charge in [-0.3, -0.25) is 14.9 Å². The second-order valence-corrected chi connectivity index (χ2v) is 5.96. The topological polar surface area (TPSA) is 93.5 Å². The van der Waals surface area contributed by atoms with Gasteiger partial charge in [-0.05, 0) is 36.6 Å². The van der Waals surface area contributed by atoms with Gasteiger partial charge in [0.2, 0.25) is 0 Å². The van der Waals surface area contributed by atoms with Crippen molar-refractivity contribution in [1.82, 2.24) is 0 Å². The van der Waals surface area contributed by atoms with Gasteiger partial charge in [-0.1, -0.05) is 12.1 Å². The van der Waals surface area contributed by atoms with E-state index in [1.807, 2.05) is 0 Å². The molecule has 0 spiro atoms. The standard InChI is InChI=1S/C18H18FN3O4/c19-13-6-7-16(22(24)25)15(10-13)20-11-12-3-1-4-14(9-12)21-18(23)17-5-2-8-26-17/h1,3-4,6-7,9-10,17,20H,2,5,8,11H2,(H,21,23). The number of halogens is 1. The summed E-state index contributed by atoms with van der Waals surface area (Å²) in [5.74, 6) is -0.746. The van der Waals surface area contributed by atoms with Crippen molar-refractivity contribution in [2.75, 3.05) is 17.2 Å². The molecule has 136 valence electrons. The summed E-state index contributed by atoms with van der Waals surface area (Å²) < 4.78 is 18.7. The fraction of sp³-hybridized carbons (Fsp3) is 0.278. The predicted octanol–water partition coefficient (Wildman–Crippen LogP) is 3.46. The Kier molecular flexibility index (Phi) is 5.43. The minimum Gasteiger partial charge on any atom is -0.375 e. The van der Waals surface area contributed by atoms with E-state index in [2.05, 4.69) is 10.6 Å². The molecule has 2 aromatic carbocycles. The van der Waals surface area contributed by atoms with E-state index in [0.717, 1.165) is 30.2 Å². The predicted molar refractivity (Wildman–Crippen MR) is 94.4 cm³/mol. The first kappa shape index (κ1) is 17.8. The second kappa shape index (κ2) is 7.92. The average molecular weight is 359 g/mol. The first-order valence-electron chi connectivity index (χ1n) is 8.22. The van der Waals surface area contributed by atoms with Crippen LogP contribution in [0.1, 0.15) is 18.4 Å². The summed E-state index contributed by atoms with van der Waals surface area (Å²) in [4.78, 5) is 22.6. The van der Waals surface area contributed by atoms with Gasteiger partial charge in [0, 0.05) is 31.0 Å². The van der Waals surface area contributed by atoms with Gasteiger partial charge in [0.05, 0.1) is 4.92 Å². The number of carbonyl (C=O) groups excluding carboxylic acids is 1. The molecule has 0 bridgehead atoms. The molecule has 1 aliphatic heterocycles. The van der Waals surface area contributed by atoms with Crippen molar-refractivity contribution < 1.29 is 18.8 Å². The number of hydrogen-bond acceptors (Lipinski definition) is 5. The quantitative estimate of drug-likeness (QED) is 0.608. The van der Waals surface area contributed by atoms with E-state index in [1.54, 1.807) is 24.3 Å². The largest absolute Gasteiger partial charge is 0.375 e. The molecule has 1 aliphatic rings. The van der Waals surface area contributed by atoms with Crippen molar-refractivity contribution in [3.8, 4) is 0 Å². The highest BCUT2D eigenvalue weighted by atomic mass is 19.1. The van der Waals surface area contributed by atoms with E-state index in [-0.39, 0.29) is 23.8 Å². The Labute approximate surface area is 149 Å². The molecule has 0 aliphatic carbocycles. The smallest absolute Gasteiger partial charge is 0.292 e. The number of nitrogens with zero attached hydrogens (tertiary/aromatic N) is 1. The van der Waals surface area contributed by atoms with Crippen molar-refractivity contribution in [3.63, 3.8) is 0 Å². The third kappa shape index (κ3) is 4.34. The van der Waals surface area contributed by atoms with Gasteiger partial charge in [-0.15, -0.1) is 0 Å². The van der Waals surface area contributed by atoms with Crippen LogP contribution in [0, 0.1) is 15.9 Å². The maximum atomic E-state index is 13.4. The van der Waals surface area contributed by atoms with Crippen molar-refractivity contribution in [3.05, 3.63) is 64.0 Å². The average Bonchev–Trinajstić information content (AvgIpc) is 3.15. The van der Waals surface area contributed by atoms with Gasteiger partial charge in [0.15, 0.2) is 0 Å². The first-order valence-corrected chi connectivity index (χ1v) is 8.22. The molecule has 7 nitrogen and oxygen atoms in total. The summed E-state index contributed by atoms with van der Waals surface area (Å²) in [6.45, 7) is 0.836. The number of nitro benzene ring substituents is 1. The number of anilines is 2. The number of ether oxygens (including phenoxy) is 1. The van der Waals surface area contributed by atoms with Gasteiger partial charge >= 0.3 is 0 Å². The molecule has 1 heterocycles. The number of amides is 1. The molecule has 2 aromatic rings. The molecular formula is C18H18FN3O4. The van der Waals surface area contributed by atoms with Crippen LogP contribution >= 0.6 is 0 Å². The third-order valence-corrected chi connectivity index (χ3v) is 4.05. The van der Waals surface area contributed by atoms with Crippen molar-refractivity contribution in [1.29, 1.82) is 0 Å². The van der Waals surface area contributed by atoms with E-state index in [4.69, 9.17) is 4.74 Å². The molecule has 1 unspecified atom stereocenters. The van der Waals surface area contributed by atoms with Gasteiger partial charge in [0.1, 0.15) is 17.6 Å². The number of hydrogen-bond donors (Lipinski definition) is 2. The van der Waals surface area contributed by atoms with E-state index >= 15 is 0 Å². The highest BCUT2D eigenvalue weighted by molar-refractivity contribution is 5.94. The molecule has 3 rings (SSSR count). The Morgan fingerprint density at radius 3 is 2.88 bits per heavy atom. The van der Waals surface area contributed by atoms with Crippen molar-refractivity contribution in [2.45, 2.75) is 25.5 Å². The molecular weight excluding hydrogens is 341 g/mol. The molecule has 0 radical (unpaired) electrons. The van der Waals surface area contributed by atoms with Crippen LogP contribution in [-0.4, -0.2) is 23.5 Å². The van der Waals surface area contributed by atoms with Crippen molar-refractivity contribution in [2.24, 2.45) is 0 Å². The number of carbonyl (C=O) groups is 1. The van der Waals surface area contributed by atoms with Gasteiger partial charge in [0.25, 0.3) is 11.6 Å². The molecule has 26 heavy (non-hydrogen) atoms. The summed E-state index contributed by atoms with van der Waals surface area (Å²) in [6, 6.07) is 10.3. The summed E-state index contributed by atoms with van der Waals surface area (Å²) >= 11 is 0. The first-order chi connectivity index (χ1) is 12.5. The van der Waals surface area contributed by atoms with Crippen LogP contribution in [0.25, 0.3) is 0 Å². The third-order valence-electron chi connectivity index (χ3n) is 4.05. The lowest BCUT2D eigenvalue weighted by atomic mass is 10.1. The van der Waals surface area contributed by atoms with E-state index in [9.17, 15) is 19.3 Å². The number of nitrogens with one attached hydrogen (secondary N) is 2. The number of benzene rings is 2. The van der Waals surface area contributed by atoms with Gasteiger partial charge in [-0.2, -0.15) is 0 Å². The van der Waals surface area contributed by atoms with Gasteiger partial charge in [-0.25, -0.2) is 4.39 Å². The fourth-order valence-electron chi connectivity index (χ4n) is 2.77. The Balaban J connectivity index is 1.67. The Morgan fingerprint density at radius 2 is 2.15 bits per heavy atom. The number of rotatable bonds is 6. The molecule has 8 heteroatoms. The van der Waals surface area contributed by atoms with Crippen LogP contribution in [0.2, 0.25) is 0 Å². The lowest BCUT2D eigenvalue weighted by Crippen LogP contribution is -2.26. The second-order valence-electron chi connectivity index (χ2n) is 5.96. The maximum Gasteiger partial charge on any atom is 0.292 e. The summed E-state index contributed by atoms with van der Waals surface area (Å²) in [5, 5.41) is 16.7. The molecule has 0 aromatic heterocycles. The normalized spacial score (nSPS) is 16.3. The monoisotopic (exact) mass is 359 g/mol. The maximum absolute atomic E-state index is 13.4. The van der Waals surface area contributed by atoms with Crippen LogP contribution in [0.3, 0.4) is 0 Å². The van der Waals surface area contributed by atoms with Crippen LogP contribution in [0.5, 0.6) is 0 Å². The fourth-order valence-corrected chi connectivity index (χ4v) is 2.77. The molecule has 1 saturated heterocycles. The minimum absolute atomic E-state index is 0.101. The summed E-state index contributed by atoms with van der Waals surface area (Å²) in [5.41, 5.74) is 1.30.